The van der Waals surface area contributed by atoms with Crippen LogP contribution in [0.5, 0.6) is 0 Å². The Morgan fingerprint density at radius 3 is 2.14 bits per heavy atom. The number of H-pyrrole nitrogens is 1. The zero-order valence-corrected chi connectivity index (χ0v) is 20.5. The van der Waals surface area contributed by atoms with Crippen molar-refractivity contribution in [2.24, 2.45) is 23.3 Å². The molecule has 4 amide bonds. The Morgan fingerprint density at radius 2 is 1.66 bits per heavy atom. The summed E-state index contributed by atoms with van der Waals surface area (Å²) in [6.07, 6.45) is 3.03. The number of carbonyl (C=O) groups excluding carboxylic acids is 4. The molecule has 1 aromatic heterocycles. The molecule has 9 N–H and O–H groups in total. The summed E-state index contributed by atoms with van der Waals surface area (Å²) >= 11 is 0. The fourth-order valence-corrected chi connectivity index (χ4v) is 3.16. The van der Waals surface area contributed by atoms with Crippen molar-refractivity contribution in [2.75, 3.05) is 0 Å². The first kappa shape index (κ1) is 29.6. The number of carboxylic acids is 1. The van der Waals surface area contributed by atoms with E-state index >= 15 is 0 Å². The summed E-state index contributed by atoms with van der Waals surface area (Å²) < 4.78 is 0. The lowest BCUT2D eigenvalue weighted by atomic mass is 9.96. The van der Waals surface area contributed by atoms with Crippen LogP contribution in [0.25, 0.3) is 0 Å². The number of nitrogens with zero attached hydrogens (tertiary/aromatic N) is 1. The van der Waals surface area contributed by atoms with Crippen LogP contribution >= 0.6 is 0 Å². The van der Waals surface area contributed by atoms with Gasteiger partial charge in [0.25, 0.3) is 0 Å². The maximum atomic E-state index is 13.1. The van der Waals surface area contributed by atoms with E-state index in [9.17, 15) is 29.1 Å². The van der Waals surface area contributed by atoms with E-state index in [1.165, 1.54) is 12.5 Å². The van der Waals surface area contributed by atoms with Crippen LogP contribution in [0.15, 0.2) is 12.5 Å². The molecule has 5 atom stereocenters. The van der Waals surface area contributed by atoms with E-state index in [2.05, 4.69) is 25.9 Å². The smallest absolute Gasteiger partial charge is 0.326 e. The van der Waals surface area contributed by atoms with Crippen LogP contribution in [0.3, 0.4) is 0 Å². The van der Waals surface area contributed by atoms with Gasteiger partial charge in [0.15, 0.2) is 0 Å². The zero-order chi connectivity index (χ0) is 26.7. The summed E-state index contributed by atoms with van der Waals surface area (Å²) in [7, 11) is 0. The number of nitrogens with two attached hydrogens (primary N) is 2. The number of carbonyl (C=O) groups is 5. The summed E-state index contributed by atoms with van der Waals surface area (Å²) in [5, 5.41) is 17.1. The lowest BCUT2D eigenvalue weighted by Gasteiger charge is -2.28. The van der Waals surface area contributed by atoms with E-state index in [-0.39, 0.29) is 31.1 Å². The van der Waals surface area contributed by atoms with Crippen LogP contribution < -0.4 is 27.4 Å². The van der Waals surface area contributed by atoms with Gasteiger partial charge in [0.1, 0.15) is 18.1 Å². The molecule has 1 rings (SSSR count). The van der Waals surface area contributed by atoms with Gasteiger partial charge >= 0.3 is 5.97 Å². The Kier molecular flexibility index (Phi) is 11.9. The Labute approximate surface area is 204 Å². The van der Waals surface area contributed by atoms with Gasteiger partial charge in [-0.1, -0.05) is 34.1 Å². The van der Waals surface area contributed by atoms with Crippen molar-refractivity contribution >= 4 is 29.6 Å². The summed E-state index contributed by atoms with van der Waals surface area (Å²) in [6.45, 7) is 7.02. The molecule has 0 saturated carbocycles. The minimum Gasteiger partial charge on any atom is -0.480 e. The van der Waals surface area contributed by atoms with E-state index in [1.807, 2.05) is 6.92 Å². The van der Waals surface area contributed by atoms with Crippen molar-refractivity contribution in [2.45, 2.75) is 77.5 Å². The highest BCUT2D eigenvalue weighted by Crippen LogP contribution is 2.11. The SMILES string of the molecule is CCC(C)C(NC(=O)C(CCC(N)=O)NC(=O)C(N)C(C)C)C(=O)NC(Cc1cnc[nH]1)C(=O)O. The number of aliphatic carboxylic acids is 1. The summed E-state index contributed by atoms with van der Waals surface area (Å²) in [5.41, 5.74) is 11.6. The van der Waals surface area contributed by atoms with Gasteiger partial charge in [-0.2, -0.15) is 0 Å². The first-order valence-corrected chi connectivity index (χ1v) is 11.5. The Balaban J connectivity index is 3.03. The number of aromatic amines is 1. The van der Waals surface area contributed by atoms with E-state index < -0.39 is 53.8 Å². The fourth-order valence-electron chi connectivity index (χ4n) is 3.16. The van der Waals surface area contributed by atoms with Crippen molar-refractivity contribution in [1.82, 2.24) is 25.9 Å². The Morgan fingerprint density at radius 1 is 1.03 bits per heavy atom. The molecule has 0 saturated heterocycles. The Bertz CT molecular complexity index is 874. The van der Waals surface area contributed by atoms with Crippen molar-refractivity contribution in [1.29, 1.82) is 0 Å². The minimum atomic E-state index is -1.26. The van der Waals surface area contributed by atoms with Crippen LogP contribution in [0.2, 0.25) is 0 Å². The molecular weight excluding hydrogens is 458 g/mol. The van der Waals surface area contributed by atoms with E-state index in [0.717, 1.165) is 0 Å². The van der Waals surface area contributed by atoms with E-state index in [4.69, 9.17) is 11.5 Å². The number of hydrogen-bond donors (Lipinski definition) is 7. The second kappa shape index (κ2) is 14.0. The predicted molar refractivity (Wildman–Crippen MR) is 126 cm³/mol. The number of primary amides is 1. The molecule has 196 valence electrons. The monoisotopic (exact) mass is 495 g/mol. The third-order valence-electron chi connectivity index (χ3n) is 5.72. The largest absolute Gasteiger partial charge is 0.480 e. The van der Waals surface area contributed by atoms with Crippen molar-refractivity contribution in [3.8, 4) is 0 Å². The molecule has 0 spiro atoms. The van der Waals surface area contributed by atoms with Crippen molar-refractivity contribution in [3.05, 3.63) is 18.2 Å². The van der Waals surface area contributed by atoms with E-state index in [0.29, 0.717) is 12.1 Å². The lowest BCUT2D eigenvalue weighted by molar-refractivity contribution is -0.142. The first-order valence-electron chi connectivity index (χ1n) is 11.5. The normalized spacial score (nSPS) is 15.4. The molecule has 0 aliphatic heterocycles. The predicted octanol–water partition coefficient (Wildman–Crippen LogP) is -1.21. The molecule has 0 aliphatic rings. The second-order valence-corrected chi connectivity index (χ2v) is 8.89. The molecule has 0 radical (unpaired) electrons. The molecule has 35 heavy (non-hydrogen) atoms. The van der Waals surface area contributed by atoms with E-state index in [1.54, 1.807) is 20.8 Å². The van der Waals surface area contributed by atoms with Gasteiger partial charge in [-0.05, 0) is 18.3 Å². The number of aromatic nitrogens is 2. The number of imidazole rings is 1. The number of hydrogen-bond acceptors (Lipinski definition) is 7. The topological polar surface area (TPSA) is 222 Å². The van der Waals surface area contributed by atoms with Gasteiger partial charge in [-0.15, -0.1) is 0 Å². The lowest BCUT2D eigenvalue weighted by Crippen LogP contribution is -2.59. The van der Waals surface area contributed by atoms with Gasteiger partial charge in [0.2, 0.25) is 23.6 Å². The average Bonchev–Trinajstić information content (AvgIpc) is 3.31. The van der Waals surface area contributed by atoms with Gasteiger partial charge in [0, 0.05) is 24.7 Å². The zero-order valence-electron chi connectivity index (χ0n) is 20.5. The molecule has 0 fully saturated rings. The molecule has 13 nitrogen and oxygen atoms in total. The van der Waals surface area contributed by atoms with Crippen LogP contribution in [-0.2, 0) is 30.4 Å². The van der Waals surface area contributed by atoms with Crippen molar-refractivity contribution in [3.63, 3.8) is 0 Å². The maximum Gasteiger partial charge on any atom is 0.326 e. The van der Waals surface area contributed by atoms with Gasteiger partial charge in [0.05, 0.1) is 12.4 Å². The van der Waals surface area contributed by atoms with Gasteiger partial charge < -0.3 is 37.5 Å². The summed E-state index contributed by atoms with van der Waals surface area (Å²) in [6, 6.07) is -4.41. The molecule has 0 aliphatic carbocycles. The maximum absolute atomic E-state index is 13.1. The minimum absolute atomic E-state index is 0.0351. The highest BCUT2D eigenvalue weighted by atomic mass is 16.4. The Hall–Kier alpha value is -3.48. The molecule has 1 aromatic rings. The standard InChI is InChI=1S/C22H37N7O6/c1-5-12(4)18(21(33)28-15(22(34)35)8-13-9-25-10-26-13)29-19(31)14(6-7-16(23)30)27-20(32)17(24)11(2)3/h9-12,14-15,17-18H,5-8,24H2,1-4H3,(H2,23,30)(H,25,26)(H,27,32)(H,28,33)(H,29,31)(H,34,35). The number of rotatable bonds is 15. The summed E-state index contributed by atoms with van der Waals surface area (Å²) in [5.74, 6) is -4.47. The van der Waals surface area contributed by atoms with Crippen LogP contribution in [-0.4, -0.2) is 68.8 Å². The van der Waals surface area contributed by atoms with Crippen LogP contribution in [0.1, 0.15) is 52.7 Å². The number of nitrogens with one attached hydrogen (secondary N) is 4. The van der Waals surface area contributed by atoms with Gasteiger partial charge in [-0.3, -0.25) is 19.2 Å². The second-order valence-electron chi connectivity index (χ2n) is 8.89. The van der Waals surface area contributed by atoms with Crippen LogP contribution in [0, 0.1) is 11.8 Å². The quantitative estimate of drug-likeness (QED) is 0.156. The van der Waals surface area contributed by atoms with Crippen LogP contribution in [0.4, 0.5) is 0 Å². The third kappa shape index (κ3) is 9.73. The molecule has 0 bridgehead atoms. The third-order valence-corrected chi connectivity index (χ3v) is 5.72. The fraction of sp³-hybridized carbons (Fsp3) is 0.636. The highest BCUT2D eigenvalue weighted by molar-refractivity contribution is 5.94. The molecule has 0 aromatic carbocycles. The molecule has 1 heterocycles. The van der Waals surface area contributed by atoms with Crippen molar-refractivity contribution < 1.29 is 29.1 Å². The average molecular weight is 496 g/mol. The van der Waals surface area contributed by atoms with Gasteiger partial charge in [-0.25, -0.2) is 9.78 Å². The number of amides is 4. The summed E-state index contributed by atoms with van der Waals surface area (Å²) in [4.78, 5) is 68.1. The highest BCUT2D eigenvalue weighted by Gasteiger charge is 2.33. The molecule has 13 heteroatoms. The molecule has 5 unspecified atom stereocenters. The first-order chi connectivity index (χ1) is 16.4. The molecular formula is C22H37N7O6. The number of carboxylic acid groups (broad SMARTS) is 1.